The Labute approximate surface area is 129 Å². The zero-order chi connectivity index (χ0) is 13.9. The number of piperidine rings is 2. The van der Waals surface area contributed by atoms with Gasteiger partial charge in [0.1, 0.15) is 0 Å². The van der Waals surface area contributed by atoms with Gasteiger partial charge in [-0.15, -0.1) is 12.4 Å². The maximum Gasteiger partial charge on any atom is 0.279 e. The van der Waals surface area contributed by atoms with E-state index in [0.29, 0.717) is 37.4 Å². The van der Waals surface area contributed by atoms with Crippen LogP contribution in [0, 0.1) is 17.8 Å². The summed E-state index contributed by atoms with van der Waals surface area (Å²) in [7, 11) is -3.29. The molecule has 2 fully saturated rings. The number of hydrogen-bond acceptors (Lipinski definition) is 3. The van der Waals surface area contributed by atoms with Gasteiger partial charge in [0.15, 0.2) is 0 Å². The second-order valence-electron chi connectivity index (χ2n) is 6.33. The molecule has 0 bridgehead atoms. The van der Waals surface area contributed by atoms with Gasteiger partial charge in [-0.05, 0) is 50.1 Å². The minimum Gasteiger partial charge on any atom is -0.316 e. The minimum atomic E-state index is -3.29. The summed E-state index contributed by atoms with van der Waals surface area (Å²) in [5, 5.41) is 3.32. The van der Waals surface area contributed by atoms with E-state index in [-0.39, 0.29) is 12.4 Å². The van der Waals surface area contributed by atoms with Crippen molar-refractivity contribution in [3.8, 4) is 0 Å². The van der Waals surface area contributed by atoms with Gasteiger partial charge in [-0.2, -0.15) is 12.7 Å². The monoisotopic (exact) mass is 325 g/mol. The molecule has 2 aliphatic rings. The van der Waals surface area contributed by atoms with Crippen molar-refractivity contribution in [3.63, 3.8) is 0 Å². The first-order chi connectivity index (χ1) is 8.97. The molecular formula is C13H28ClN3O2S. The van der Waals surface area contributed by atoms with E-state index in [0.717, 1.165) is 32.4 Å². The Morgan fingerprint density at radius 2 is 1.90 bits per heavy atom. The van der Waals surface area contributed by atoms with Crippen molar-refractivity contribution >= 4 is 22.6 Å². The molecule has 0 aliphatic carbocycles. The molecule has 0 amide bonds. The third kappa shape index (κ3) is 5.15. The van der Waals surface area contributed by atoms with Gasteiger partial charge >= 0.3 is 0 Å². The van der Waals surface area contributed by atoms with Crippen molar-refractivity contribution in [2.45, 2.75) is 33.1 Å². The molecule has 3 atom stereocenters. The van der Waals surface area contributed by atoms with Crippen molar-refractivity contribution in [1.82, 2.24) is 14.3 Å². The highest BCUT2D eigenvalue weighted by atomic mass is 35.5. The van der Waals surface area contributed by atoms with E-state index in [9.17, 15) is 8.42 Å². The molecule has 2 aliphatic heterocycles. The molecule has 0 aromatic carbocycles. The molecule has 2 rings (SSSR count). The van der Waals surface area contributed by atoms with Crippen LogP contribution in [0.5, 0.6) is 0 Å². The van der Waals surface area contributed by atoms with Crippen LogP contribution in [0.1, 0.15) is 33.1 Å². The van der Waals surface area contributed by atoms with E-state index < -0.39 is 10.2 Å². The summed E-state index contributed by atoms with van der Waals surface area (Å²) >= 11 is 0. The first kappa shape index (κ1) is 18.2. The Kier molecular flexibility index (Phi) is 7.21. The Hall–Kier alpha value is 0.120. The molecule has 2 saturated heterocycles. The van der Waals surface area contributed by atoms with E-state index in [4.69, 9.17) is 0 Å². The third-order valence-corrected chi connectivity index (χ3v) is 5.64. The average molecular weight is 326 g/mol. The molecule has 2 N–H and O–H groups in total. The van der Waals surface area contributed by atoms with Crippen LogP contribution in [-0.2, 0) is 10.2 Å². The molecule has 0 aromatic rings. The van der Waals surface area contributed by atoms with Crippen molar-refractivity contribution < 1.29 is 8.42 Å². The second-order valence-corrected chi connectivity index (χ2v) is 8.08. The number of rotatable bonds is 4. The van der Waals surface area contributed by atoms with Gasteiger partial charge in [0.2, 0.25) is 0 Å². The van der Waals surface area contributed by atoms with E-state index >= 15 is 0 Å². The van der Waals surface area contributed by atoms with Crippen LogP contribution >= 0.6 is 12.4 Å². The zero-order valence-corrected chi connectivity index (χ0v) is 14.1. The fraction of sp³-hybridized carbons (Fsp3) is 1.00. The minimum absolute atomic E-state index is 0. The highest BCUT2D eigenvalue weighted by Gasteiger charge is 2.30. The summed E-state index contributed by atoms with van der Waals surface area (Å²) in [5.41, 5.74) is 0. The van der Waals surface area contributed by atoms with Gasteiger partial charge < -0.3 is 5.32 Å². The van der Waals surface area contributed by atoms with Crippen LogP contribution < -0.4 is 10.0 Å². The fourth-order valence-electron chi connectivity index (χ4n) is 3.21. The van der Waals surface area contributed by atoms with Crippen LogP contribution in [0.4, 0.5) is 0 Å². The van der Waals surface area contributed by atoms with Crippen molar-refractivity contribution in [1.29, 1.82) is 0 Å². The topological polar surface area (TPSA) is 61.4 Å². The predicted molar refractivity (Wildman–Crippen MR) is 84.3 cm³/mol. The maximum atomic E-state index is 12.3. The number of hydrogen-bond donors (Lipinski definition) is 2. The molecule has 5 nitrogen and oxygen atoms in total. The van der Waals surface area contributed by atoms with Gasteiger partial charge in [0.05, 0.1) is 0 Å². The van der Waals surface area contributed by atoms with Crippen LogP contribution in [0.3, 0.4) is 0 Å². The van der Waals surface area contributed by atoms with Gasteiger partial charge in [0.25, 0.3) is 10.2 Å². The SMILES string of the molecule is CC1CC(C)CN(S(=O)(=O)NCC2CCCNC2)C1.Cl. The predicted octanol–water partition coefficient (Wildman–Crippen LogP) is 1.22. The quantitative estimate of drug-likeness (QED) is 0.817. The zero-order valence-electron chi connectivity index (χ0n) is 12.5. The number of nitrogens with zero attached hydrogens (tertiary/aromatic N) is 1. The standard InChI is InChI=1S/C13H27N3O2S.ClH/c1-11-6-12(2)10-16(9-11)19(17,18)15-8-13-4-3-5-14-7-13;/h11-15H,3-10H2,1-2H3;1H. The molecular weight excluding hydrogens is 298 g/mol. The summed E-state index contributed by atoms with van der Waals surface area (Å²) in [4.78, 5) is 0. The summed E-state index contributed by atoms with van der Waals surface area (Å²) in [6.45, 7) is 8.12. The van der Waals surface area contributed by atoms with E-state index in [1.807, 2.05) is 0 Å². The lowest BCUT2D eigenvalue weighted by Gasteiger charge is -2.34. The molecule has 2 heterocycles. The lowest BCUT2D eigenvalue weighted by atomic mass is 9.94. The Morgan fingerprint density at radius 1 is 1.25 bits per heavy atom. The molecule has 7 heteroatoms. The van der Waals surface area contributed by atoms with Crippen LogP contribution in [-0.4, -0.2) is 45.4 Å². The van der Waals surface area contributed by atoms with E-state index in [1.54, 1.807) is 4.31 Å². The Balaban J connectivity index is 0.00000200. The molecule has 20 heavy (non-hydrogen) atoms. The first-order valence-corrected chi connectivity index (χ1v) is 8.87. The Morgan fingerprint density at radius 3 is 2.45 bits per heavy atom. The van der Waals surface area contributed by atoms with Crippen molar-refractivity contribution in [3.05, 3.63) is 0 Å². The summed E-state index contributed by atoms with van der Waals surface area (Å²) in [6, 6.07) is 0. The van der Waals surface area contributed by atoms with Crippen molar-refractivity contribution in [2.75, 3.05) is 32.7 Å². The summed E-state index contributed by atoms with van der Waals surface area (Å²) in [5.74, 6) is 1.34. The Bertz CT molecular complexity index is 375. The number of nitrogens with one attached hydrogen (secondary N) is 2. The van der Waals surface area contributed by atoms with Gasteiger partial charge in [-0.1, -0.05) is 13.8 Å². The average Bonchev–Trinajstić information content (AvgIpc) is 2.37. The normalized spacial score (nSPS) is 32.6. The lowest BCUT2D eigenvalue weighted by molar-refractivity contribution is 0.219. The third-order valence-electron chi connectivity index (χ3n) is 4.13. The molecule has 3 unspecified atom stereocenters. The van der Waals surface area contributed by atoms with Crippen molar-refractivity contribution in [2.24, 2.45) is 17.8 Å². The highest BCUT2D eigenvalue weighted by molar-refractivity contribution is 7.87. The van der Waals surface area contributed by atoms with Crippen LogP contribution in [0.15, 0.2) is 0 Å². The van der Waals surface area contributed by atoms with Gasteiger partial charge in [0, 0.05) is 19.6 Å². The largest absolute Gasteiger partial charge is 0.316 e. The van der Waals surface area contributed by atoms with E-state index in [1.165, 1.54) is 0 Å². The van der Waals surface area contributed by atoms with Gasteiger partial charge in [-0.25, -0.2) is 4.72 Å². The molecule has 0 aromatic heterocycles. The highest BCUT2D eigenvalue weighted by Crippen LogP contribution is 2.22. The van der Waals surface area contributed by atoms with Gasteiger partial charge in [-0.3, -0.25) is 0 Å². The fourth-order valence-corrected chi connectivity index (χ4v) is 4.75. The van der Waals surface area contributed by atoms with E-state index in [2.05, 4.69) is 23.9 Å². The molecule has 0 radical (unpaired) electrons. The lowest BCUT2D eigenvalue weighted by Crippen LogP contribution is -2.49. The number of halogens is 1. The second kappa shape index (κ2) is 7.94. The molecule has 0 saturated carbocycles. The summed E-state index contributed by atoms with van der Waals surface area (Å²) in [6.07, 6.45) is 3.38. The van der Waals surface area contributed by atoms with Crippen LogP contribution in [0.2, 0.25) is 0 Å². The van der Waals surface area contributed by atoms with Crippen LogP contribution in [0.25, 0.3) is 0 Å². The first-order valence-electron chi connectivity index (χ1n) is 7.43. The summed E-state index contributed by atoms with van der Waals surface area (Å²) < 4.78 is 29.1. The molecule has 0 spiro atoms. The maximum absolute atomic E-state index is 12.3. The smallest absolute Gasteiger partial charge is 0.279 e. The molecule has 120 valence electrons.